The second-order valence-electron chi connectivity index (χ2n) is 1.66. The fourth-order valence-electron chi connectivity index (χ4n) is 0.247. The van der Waals surface area contributed by atoms with E-state index < -0.39 is 15.8 Å². The molecule has 0 aromatic carbocycles. The summed E-state index contributed by atoms with van der Waals surface area (Å²) >= 11 is 0. The Morgan fingerprint density at radius 1 is 1.50 bits per heavy atom. The van der Waals surface area contributed by atoms with E-state index in [1.807, 2.05) is 0 Å². The highest BCUT2D eigenvalue weighted by Gasteiger charge is 1.96. The van der Waals surface area contributed by atoms with E-state index >= 15 is 0 Å². The number of hydrogen-bond acceptors (Lipinski definition) is 4. The highest BCUT2D eigenvalue weighted by atomic mass is 32.2. The summed E-state index contributed by atoms with van der Waals surface area (Å²) in [5.41, 5.74) is 0. The molecule has 0 amide bonds. The maximum Gasteiger partial charge on any atom is 0.331 e. The summed E-state index contributed by atoms with van der Waals surface area (Å²) in [6.45, 7) is 0. The van der Waals surface area contributed by atoms with Crippen LogP contribution in [0.4, 0.5) is 0 Å². The summed E-state index contributed by atoms with van der Waals surface area (Å²) < 4.78 is 24.9. The van der Waals surface area contributed by atoms with Gasteiger partial charge in [-0.25, -0.2) is 13.2 Å². The van der Waals surface area contributed by atoms with E-state index in [1.165, 1.54) is 7.11 Å². The van der Waals surface area contributed by atoms with E-state index in [9.17, 15) is 13.2 Å². The van der Waals surface area contributed by atoms with Gasteiger partial charge >= 0.3 is 5.97 Å². The first-order valence-corrected chi connectivity index (χ1v) is 4.37. The molecule has 0 aliphatic carbocycles. The predicted molar refractivity (Wildman–Crippen MR) is 36.0 cm³/mol. The minimum absolute atomic E-state index is 0.676. The van der Waals surface area contributed by atoms with Gasteiger partial charge in [0.2, 0.25) is 0 Å². The molecule has 4 nitrogen and oxygen atoms in total. The van der Waals surface area contributed by atoms with E-state index in [0.717, 1.165) is 17.7 Å². The SMILES string of the molecule is COC(=O)/C=C/S(C)(=O)=O. The smallest absolute Gasteiger partial charge is 0.331 e. The van der Waals surface area contributed by atoms with Crippen molar-refractivity contribution in [1.29, 1.82) is 0 Å². The third-order valence-electron chi connectivity index (χ3n) is 0.653. The van der Waals surface area contributed by atoms with Crippen molar-refractivity contribution in [1.82, 2.24) is 0 Å². The first-order valence-electron chi connectivity index (χ1n) is 2.42. The summed E-state index contributed by atoms with van der Waals surface area (Å²) in [4.78, 5) is 10.3. The lowest BCUT2D eigenvalue weighted by Crippen LogP contribution is -1.96. The van der Waals surface area contributed by atoms with Gasteiger partial charge in [0.1, 0.15) is 0 Å². The van der Waals surface area contributed by atoms with Crippen molar-refractivity contribution < 1.29 is 17.9 Å². The second-order valence-corrected chi connectivity index (χ2v) is 3.59. The Kier molecular flexibility index (Phi) is 3.08. The van der Waals surface area contributed by atoms with Gasteiger partial charge in [-0.3, -0.25) is 0 Å². The molecule has 0 unspecified atom stereocenters. The summed E-state index contributed by atoms with van der Waals surface area (Å²) in [6.07, 6.45) is 1.85. The van der Waals surface area contributed by atoms with Crippen LogP contribution >= 0.6 is 0 Å². The van der Waals surface area contributed by atoms with Gasteiger partial charge in [0.15, 0.2) is 9.84 Å². The van der Waals surface area contributed by atoms with Gasteiger partial charge in [0, 0.05) is 17.7 Å². The van der Waals surface area contributed by atoms with Crippen molar-refractivity contribution in [2.45, 2.75) is 0 Å². The Labute approximate surface area is 59.4 Å². The van der Waals surface area contributed by atoms with Crippen LogP contribution in [-0.2, 0) is 19.4 Å². The lowest BCUT2D eigenvalue weighted by atomic mass is 10.7. The third-order valence-corrected chi connectivity index (χ3v) is 1.28. The molecule has 0 atom stereocenters. The molecule has 0 spiro atoms. The van der Waals surface area contributed by atoms with Gasteiger partial charge in [0.25, 0.3) is 0 Å². The molecule has 5 heteroatoms. The lowest BCUT2D eigenvalue weighted by Gasteiger charge is -1.87. The van der Waals surface area contributed by atoms with Gasteiger partial charge in [-0.15, -0.1) is 0 Å². The van der Waals surface area contributed by atoms with E-state index in [1.54, 1.807) is 0 Å². The van der Waals surface area contributed by atoms with Crippen LogP contribution < -0.4 is 0 Å². The maximum absolute atomic E-state index is 10.4. The van der Waals surface area contributed by atoms with Gasteiger partial charge in [-0.05, 0) is 0 Å². The molecule has 0 aliphatic heterocycles. The van der Waals surface area contributed by atoms with Crippen molar-refractivity contribution in [3.8, 4) is 0 Å². The number of carbonyl (C=O) groups is 1. The average molecular weight is 164 g/mol. The summed E-state index contributed by atoms with van der Waals surface area (Å²) in [6, 6.07) is 0. The number of esters is 1. The van der Waals surface area contributed by atoms with Gasteiger partial charge in [-0.2, -0.15) is 0 Å². The van der Waals surface area contributed by atoms with Crippen LogP contribution in [0.3, 0.4) is 0 Å². The first kappa shape index (κ1) is 9.16. The Morgan fingerprint density at radius 2 is 2.00 bits per heavy atom. The molecule has 0 rings (SSSR count). The Balaban J connectivity index is 4.15. The molecule has 0 N–H and O–H groups in total. The molecule has 0 aromatic heterocycles. The van der Waals surface area contributed by atoms with Crippen LogP contribution in [0.25, 0.3) is 0 Å². The summed E-state index contributed by atoms with van der Waals surface area (Å²) in [5, 5.41) is 0.791. The lowest BCUT2D eigenvalue weighted by molar-refractivity contribution is -0.134. The van der Waals surface area contributed by atoms with Crippen LogP contribution in [0.2, 0.25) is 0 Å². The second kappa shape index (κ2) is 3.36. The molecule has 58 valence electrons. The van der Waals surface area contributed by atoms with Crippen molar-refractivity contribution in [2.75, 3.05) is 13.4 Å². The molecule has 0 saturated carbocycles. The molecular weight excluding hydrogens is 156 g/mol. The zero-order valence-electron chi connectivity index (χ0n) is 5.70. The molecular formula is C5H8O4S. The Morgan fingerprint density at radius 3 is 2.30 bits per heavy atom. The predicted octanol–water partition coefficient (Wildman–Crippen LogP) is -0.282. The van der Waals surface area contributed by atoms with Crippen molar-refractivity contribution in [2.24, 2.45) is 0 Å². The highest BCUT2D eigenvalue weighted by Crippen LogP contribution is 1.85. The van der Waals surface area contributed by atoms with E-state index in [-0.39, 0.29) is 0 Å². The quantitative estimate of drug-likeness (QED) is 0.416. The van der Waals surface area contributed by atoms with Crippen LogP contribution in [0.15, 0.2) is 11.5 Å². The number of rotatable bonds is 2. The minimum atomic E-state index is -3.21. The molecule has 0 radical (unpaired) electrons. The molecule has 0 fully saturated rings. The van der Waals surface area contributed by atoms with Crippen LogP contribution in [-0.4, -0.2) is 27.8 Å². The van der Waals surface area contributed by atoms with Crippen LogP contribution in [0.1, 0.15) is 0 Å². The zero-order chi connectivity index (χ0) is 8.20. The fraction of sp³-hybridized carbons (Fsp3) is 0.400. The Hall–Kier alpha value is -0.840. The van der Waals surface area contributed by atoms with Crippen molar-refractivity contribution >= 4 is 15.8 Å². The average Bonchev–Trinajstić information content (AvgIpc) is 1.81. The normalized spacial score (nSPS) is 11.8. The summed E-state index contributed by atoms with van der Waals surface area (Å²) in [7, 11) is -2.04. The summed E-state index contributed by atoms with van der Waals surface area (Å²) in [5.74, 6) is -0.676. The van der Waals surface area contributed by atoms with Gasteiger partial charge < -0.3 is 4.74 Å². The maximum atomic E-state index is 10.4. The van der Waals surface area contributed by atoms with Gasteiger partial charge in [-0.1, -0.05) is 0 Å². The largest absolute Gasteiger partial charge is 0.466 e. The standard InChI is InChI=1S/C5H8O4S/c1-9-5(6)3-4-10(2,7)8/h3-4H,1-2H3/b4-3+. The van der Waals surface area contributed by atoms with Crippen molar-refractivity contribution in [3.63, 3.8) is 0 Å². The number of carbonyl (C=O) groups excluding carboxylic acids is 1. The van der Waals surface area contributed by atoms with Crippen molar-refractivity contribution in [3.05, 3.63) is 11.5 Å². The molecule has 0 heterocycles. The molecule has 0 aliphatic rings. The Bertz CT molecular complexity index is 236. The van der Waals surface area contributed by atoms with Crippen LogP contribution in [0, 0.1) is 0 Å². The third kappa shape index (κ3) is 5.30. The molecule has 10 heavy (non-hydrogen) atoms. The van der Waals surface area contributed by atoms with E-state index in [2.05, 4.69) is 4.74 Å². The van der Waals surface area contributed by atoms with E-state index in [4.69, 9.17) is 0 Å². The molecule has 0 saturated heterocycles. The zero-order valence-corrected chi connectivity index (χ0v) is 6.51. The molecule has 0 bridgehead atoms. The highest BCUT2D eigenvalue weighted by molar-refractivity contribution is 7.93. The molecule has 0 aromatic rings. The number of ether oxygens (including phenoxy) is 1. The monoisotopic (exact) mass is 164 g/mol. The topological polar surface area (TPSA) is 60.4 Å². The van der Waals surface area contributed by atoms with E-state index in [0.29, 0.717) is 0 Å². The fourth-order valence-corrected chi connectivity index (χ4v) is 0.605. The first-order chi connectivity index (χ1) is 4.45. The minimum Gasteiger partial charge on any atom is -0.466 e. The number of methoxy groups -OCH3 is 1. The van der Waals surface area contributed by atoms with Crippen LogP contribution in [0.5, 0.6) is 0 Å². The number of sulfone groups is 1. The van der Waals surface area contributed by atoms with Gasteiger partial charge in [0.05, 0.1) is 7.11 Å². The number of hydrogen-bond donors (Lipinski definition) is 0.